The van der Waals surface area contributed by atoms with E-state index in [-0.39, 0.29) is 14.9 Å². The van der Waals surface area contributed by atoms with E-state index >= 15 is 0 Å². The number of rotatable bonds is 1. The second-order valence-corrected chi connectivity index (χ2v) is 4.54. The lowest BCUT2D eigenvalue weighted by Gasteiger charge is -2.22. The molecule has 0 aromatic rings. The Labute approximate surface area is 90.8 Å². The number of hydrogen-bond donors (Lipinski definition) is 0. The Morgan fingerprint density at radius 1 is 1.07 bits per heavy atom. The van der Waals surface area contributed by atoms with Crippen LogP contribution in [0.3, 0.4) is 0 Å². The molecule has 84 valence electrons. The molecule has 2 aliphatic rings. The van der Waals surface area contributed by atoms with Crippen molar-refractivity contribution in [3.63, 3.8) is 0 Å². The van der Waals surface area contributed by atoms with Crippen molar-refractivity contribution in [3.8, 4) is 0 Å². The monoisotopic (exact) mass is 196 g/mol. The van der Waals surface area contributed by atoms with Crippen molar-refractivity contribution in [3.05, 3.63) is 11.6 Å². The summed E-state index contributed by atoms with van der Waals surface area (Å²) in [5.41, 5.74) is 1.81. The zero-order valence-electron chi connectivity index (χ0n) is 8.18. The van der Waals surface area contributed by atoms with Crippen LogP contribution in [0.5, 0.6) is 0 Å². The third kappa shape index (κ3) is 2.87. The molecule has 0 N–H and O–H groups in total. The minimum Gasteiger partial charge on any atom is -0.0850 e. The van der Waals surface area contributed by atoms with Crippen LogP contribution in [0.2, 0.25) is 0 Å². The lowest BCUT2D eigenvalue weighted by atomic mass is 9.84. The van der Waals surface area contributed by atoms with E-state index in [9.17, 15) is 0 Å². The van der Waals surface area contributed by atoms with Gasteiger partial charge < -0.3 is 0 Å². The molecule has 0 spiro atoms. The van der Waals surface area contributed by atoms with E-state index in [1.54, 1.807) is 0 Å². The molecule has 0 nitrogen and oxygen atoms in total. The lowest BCUT2D eigenvalue weighted by molar-refractivity contribution is 0.452. The molecule has 0 amide bonds. The molecule has 1 saturated carbocycles. The topological polar surface area (TPSA) is 0 Å². The summed E-state index contributed by atoms with van der Waals surface area (Å²) < 4.78 is 0. The average Bonchev–Trinajstić information content (AvgIpc) is 2.53. The highest BCUT2D eigenvalue weighted by Crippen LogP contribution is 2.39. The van der Waals surface area contributed by atoms with Crippen molar-refractivity contribution >= 4 is 0 Å². The van der Waals surface area contributed by atoms with Crippen LogP contribution in [-0.4, -0.2) is 0 Å². The van der Waals surface area contributed by atoms with Gasteiger partial charge in [-0.15, -0.1) is 0 Å². The Kier molecular flexibility index (Phi) is 6.15. The van der Waals surface area contributed by atoms with Gasteiger partial charge in [0.25, 0.3) is 0 Å². The van der Waals surface area contributed by atoms with Crippen LogP contribution in [0, 0.1) is 11.8 Å². The van der Waals surface area contributed by atoms with Gasteiger partial charge in [-0.25, -0.2) is 0 Å². The van der Waals surface area contributed by atoms with Crippen molar-refractivity contribution < 1.29 is 0 Å². The summed E-state index contributed by atoms with van der Waals surface area (Å²) in [5.74, 6) is 1.96. The van der Waals surface area contributed by atoms with Gasteiger partial charge in [0.2, 0.25) is 0 Å². The molecule has 0 radical (unpaired) electrons. The molecule has 0 heterocycles. The average molecular weight is 196 g/mol. The van der Waals surface area contributed by atoms with E-state index in [0.29, 0.717) is 0 Å². The maximum Gasteiger partial charge on any atom is -0.0178 e. The smallest absolute Gasteiger partial charge is 0.0178 e. The first kappa shape index (κ1) is 13.7. The fourth-order valence-electron chi connectivity index (χ4n) is 2.90. The van der Waals surface area contributed by atoms with Crippen molar-refractivity contribution in [2.75, 3.05) is 0 Å². The van der Waals surface area contributed by atoms with Gasteiger partial charge in [0, 0.05) is 0 Å². The van der Waals surface area contributed by atoms with E-state index in [1.165, 1.54) is 44.9 Å². The highest BCUT2D eigenvalue weighted by Gasteiger charge is 2.26. The van der Waals surface area contributed by atoms with Gasteiger partial charge in [-0.1, -0.05) is 46.3 Å². The molecule has 0 aliphatic heterocycles. The lowest BCUT2D eigenvalue weighted by Crippen LogP contribution is -2.09. The fraction of sp³-hybridized carbons (Fsp3) is 0.857. The largest absolute Gasteiger partial charge is 0.0850 e. The number of hydrogen-bond acceptors (Lipinski definition) is 0. The summed E-state index contributed by atoms with van der Waals surface area (Å²) in [6.45, 7) is 2.44. The van der Waals surface area contributed by atoms with Gasteiger partial charge in [0.05, 0.1) is 0 Å². The van der Waals surface area contributed by atoms with Crippen LogP contribution in [0.4, 0.5) is 0 Å². The van der Waals surface area contributed by atoms with E-state index in [4.69, 9.17) is 0 Å². The first-order valence-corrected chi connectivity index (χ1v) is 5.57. The molecule has 2 rings (SSSR count). The molecule has 0 heteroatoms. The summed E-state index contributed by atoms with van der Waals surface area (Å²) in [4.78, 5) is 0. The normalized spacial score (nSPS) is 31.4. The van der Waals surface area contributed by atoms with Gasteiger partial charge in [-0.2, -0.15) is 0 Å². The maximum atomic E-state index is 2.54. The first-order valence-electron chi connectivity index (χ1n) is 5.57. The van der Waals surface area contributed by atoms with Crippen LogP contribution in [0.25, 0.3) is 0 Å². The SMILES string of the molecule is C.C.CC1CCCC1C1=CCCCC1. The summed E-state index contributed by atoms with van der Waals surface area (Å²) in [6, 6.07) is 0. The molecule has 14 heavy (non-hydrogen) atoms. The van der Waals surface area contributed by atoms with Gasteiger partial charge >= 0.3 is 0 Å². The van der Waals surface area contributed by atoms with Crippen LogP contribution in [0.1, 0.15) is 66.7 Å². The van der Waals surface area contributed by atoms with Crippen molar-refractivity contribution in [1.82, 2.24) is 0 Å². The molecule has 0 aromatic heterocycles. The van der Waals surface area contributed by atoms with Gasteiger partial charge in [0.1, 0.15) is 0 Å². The van der Waals surface area contributed by atoms with Crippen LogP contribution in [-0.2, 0) is 0 Å². The summed E-state index contributed by atoms with van der Waals surface area (Å²) in [6.07, 6.45) is 12.6. The second-order valence-electron chi connectivity index (χ2n) is 4.54. The van der Waals surface area contributed by atoms with E-state index in [0.717, 1.165) is 11.8 Å². The van der Waals surface area contributed by atoms with Gasteiger partial charge in [-0.3, -0.25) is 0 Å². The van der Waals surface area contributed by atoms with Crippen LogP contribution < -0.4 is 0 Å². The van der Waals surface area contributed by atoms with Crippen LogP contribution >= 0.6 is 0 Å². The quantitative estimate of drug-likeness (QED) is 0.506. The molecule has 2 aliphatic carbocycles. The third-order valence-corrected chi connectivity index (χ3v) is 3.66. The Bertz CT molecular complexity index is 178. The minimum atomic E-state index is 0. The summed E-state index contributed by atoms with van der Waals surface area (Å²) >= 11 is 0. The zero-order chi connectivity index (χ0) is 8.39. The Morgan fingerprint density at radius 2 is 1.86 bits per heavy atom. The predicted octanol–water partition coefficient (Wildman–Crippen LogP) is 5.20. The molecule has 2 unspecified atom stereocenters. The third-order valence-electron chi connectivity index (χ3n) is 3.66. The van der Waals surface area contributed by atoms with E-state index in [1.807, 2.05) is 5.57 Å². The van der Waals surface area contributed by atoms with Crippen molar-refractivity contribution in [1.29, 1.82) is 0 Å². The molecule has 0 bridgehead atoms. The van der Waals surface area contributed by atoms with E-state index < -0.39 is 0 Å². The highest BCUT2D eigenvalue weighted by atomic mass is 14.3. The molecule has 1 fully saturated rings. The molecule has 2 atom stereocenters. The zero-order valence-corrected chi connectivity index (χ0v) is 8.18. The Balaban J connectivity index is 0.000000845. The minimum absolute atomic E-state index is 0. The van der Waals surface area contributed by atoms with Crippen molar-refractivity contribution in [2.45, 2.75) is 66.7 Å². The molecular formula is C14H28. The Hall–Kier alpha value is -0.260. The standard InChI is InChI=1S/C12H20.2CH4/c1-10-6-5-9-12(10)11-7-3-2-4-8-11;;/h7,10,12H,2-6,8-9H2,1H3;2*1H4. The molecule has 0 aromatic carbocycles. The van der Waals surface area contributed by atoms with Crippen LogP contribution in [0.15, 0.2) is 11.6 Å². The van der Waals surface area contributed by atoms with Crippen molar-refractivity contribution in [2.24, 2.45) is 11.8 Å². The van der Waals surface area contributed by atoms with E-state index in [2.05, 4.69) is 13.0 Å². The number of allylic oxidation sites excluding steroid dienone is 2. The maximum absolute atomic E-state index is 2.54. The Morgan fingerprint density at radius 3 is 2.36 bits per heavy atom. The predicted molar refractivity (Wildman–Crippen MR) is 66.5 cm³/mol. The second kappa shape index (κ2) is 6.27. The van der Waals surface area contributed by atoms with Gasteiger partial charge in [0.15, 0.2) is 0 Å². The fourth-order valence-corrected chi connectivity index (χ4v) is 2.90. The molecule has 0 saturated heterocycles. The molecular weight excluding hydrogens is 168 g/mol. The summed E-state index contributed by atoms with van der Waals surface area (Å²) in [7, 11) is 0. The first-order chi connectivity index (χ1) is 5.88. The highest BCUT2D eigenvalue weighted by molar-refractivity contribution is 5.11. The summed E-state index contributed by atoms with van der Waals surface area (Å²) in [5, 5.41) is 0. The van der Waals surface area contributed by atoms with Gasteiger partial charge in [-0.05, 0) is 43.9 Å².